The molecule has 1 aromatic carbocycles. The molecule has 1 unspecified atom stereocenters. The van der Waals surface area contributed by atoms with Crippen molar-refractivity contribution in [3.63, 3.8) is 0 Å². The predicted molar refractivity (Wildman–Crippen MR) is 101 cm³/mol. The number of aromatic nitrogens is 3. The summed E-state index contributed by atoms with van der Waals surface area (Å²) in [4.78, 5) is 24.4. The third-order valence-corrected chi connectivity index (χ3v) is 4.21. The fourth-order valence-corrected chi connectivity index (χ4v) is 2.80. The lowest BCUT2D eigenvalue weighted by Crippen LogP contribution is -2.43. The highest BCUT2D eigenvalue weighted by Crippen LogP contribution is 2.18. The van der Waals surface area contributed by atoms with Crippen molar-refractivity contribution in [2.45, 2.75) is 39.8 Å². The molecule has 1 heterocycles. The molecule has 0 aliphatic heterocycles. The van der Waals surface area contributed by atoms with Crippen LogP contribution in [0.5, 0.6) is 0 Å². The number of hydrogen-bond donors (Lipinski definition) is 2. The molecule has 2 aromatic rings. The van der Waals surface area contributed by atoms with E-state index in [0.29, 0.717) is 17.0 Å². The van der Waals surface area contributed by atoms with Crippen molar-refractivity contribution in [1.82, 2.24) is 20.1 Å². The predicted octanol–water partition coefficient (Wildman–Crippen LogP) is 2.62. The van der Waals surface area contributed by atoms with Crippen LogP contribution in [0.4, 0.5) is 0 Å². The molecule has 2 N–H and O–H groups in total. The number of carbonyl (C=O) groups is 2. The number of nitrogens with zero attached hydrogens (tertiary/aromatic N) is 2. The number of hydrogen-bond acceptors (Lipinski definition) is 5. The number of esters is 1. The summed E-state index contributed by atoms with van der Waals surface area (Å²) in [6.45, 7) is 5.91. The fourth-order valence-electron chi connectivity index (χ4n) is 2.60. The maximum absolute atomic E-state index is 12.5. The molecule has 26 heavy (non-hydrogen) atoms. The molecule has 1 aromatic heterocycles. The molecule has 0 radical (unpaired) electrons. The van der Waals surface area contributed by atoms with E-state index in [1.165, 1.54) is 7.11 Å². The number of amides is 1. The van der Waals surface area contributed by atoms with Crippen LogP contribution in [0.25, 0.3) is 11.4 Å². The summed E-state index contributed by atoms with van der Waals surface area (Å²) in [5.74, 6) is 0.0238. The Morgan fingerprint density at radius 1 is 1.31 bits per heavy atom. The van der Waals surface area contributed by atoms with Crippen molar-refractivity contribution in [2.75, 3.05) is 7.11 Å². The Hall–Kier alpha value is -2.48. The lowest BCUT2D eigenvalue weighted by atomic mass is 10.0. The largest absolute Gasteiger partial charge is 0.467 e. The van der Waals surface area contributed by atoms with E-state index in [1.54, 1.807) is 4.57 Å². The molecule has 1 atom stereocenters. The molecular formula is C18H24N4O3S. The van der Waals surface area contributed by atoms with Gasteiger partial charge in [0.05, 0.1) is 7.11 Å². The first-order valence-electron chi connectivity index (χ1n) is 8.41. The van der Waals surface area contributed by atoms with E-state index in [4.69, 9.17) is 17.0 Å². The molecule has 1 amide bonds. The van der Waals surface area contributed by atoms with E-state index >= 15 is 0 Å². The van der Waals surface area contributed by atoms with Gasteiger partial charge in [-0.05, 0) is 31.5 Å². The van der Waals surface area contributed by atoms with Crippen molar-refractivity contribution in [3.05, 3.63) is 34.6 Å². The van der Waals surface area contributed by atoms with Gasteiger partial charge in [-0.1, -0.05) is 43.7 Å². The van der Waals surface area contributed by atoms with Crippen LogP contribution >= 0.6 is 12.2 Å². The molecule has 8 heteroatoms. The molecule has 7 nitrogen and oxygen atoms in total. The molecule has 2 rings (SSSR count). The van der Waals surface area contributed by atoms with E-state index in [2.05, 4.69) is 15.5 Å². The molecule has 0 bridgehead atoms. The number of rotatable bonds is 7. The van der Waals surface area contributed by atoms with Gasteiger partial charge in [-0.3, -0.25) is 14.5 Å². The van der Waals surface area contributed by atoms with Gasteiger partial charge in [0.1, 0.15) is 12.6 Å². The average molecular weight is 376 g/mol. The molecule has 0 saturated carbocycles. The van der Waals surface area contributed by atoms with Crippen LogP contribution in [0.2, 0.25) is 0 Å². The molecule has 0 fully saturated rings. The summed E-state index contributed by atoms with van der Waals surface area (Å²) < 4.78 is 6.73. The van der Waals surface area contributed by atoms with Crippen LogP contribution in [0.15, 0.2) is 24.3 Å². The van der Waals surface area contributed by atoms with E-state index in [1.807, 2.05) is 45.0 Å². The van der Waals surface area contributed by atoms with Crippen LogP contribution in [0, 0.1) is 17.6 Å². The lowest BCUT2D eigenvalue weighted by Gasteiger charge is -2.18. The minimum absolute atomic E-state index is 0.0376. The zero-order valence-corrected chi connectivity index (χ0v) is 16.2. The topological polar surface area (TPSA) is 89.0 Å². The number of ether oxygens (including phenoxy) is 1. The first-order valence-corrected chi connectivity index (χ1v) is 8.82. The van der Waals surface area contributed by atoms with Gasteiger partial charge < -0.3 is 10.1 Å². The van der Waals surface area contributed by atoms with Gasteiger partial charge in [0.25, 0.3) is 0 Å². The first-order chi connectivity index (χ1) is 12.3. The van der Waals surface area contributed by atoms with Crippen LogP contribution in [-0.2, 0) is 20.9 Å². The highest BCUT2D eigenvalue weighted by molar-refractivity contribution is 7.71. The van der Waals surface area contributed by atoms with Crippen LogP contribution in [0.3, 0.4) is 0 Å². The summed E-state index contributed by atoms with van der Waals surface area (Å²) in [5, 5.41) is 9.67. The summed E-state index contributed by atoms with van der Waals surface area (Å²) in [7, 11) is 1.31. The highest BCUT2D eigenvalue weighted by Gasteiger charge is 2.23. The Bertz CT molecular complexity index is 824. The fraction of sp³-hybridized carbons (Fsp3) is 0.444. The quantitative estimate of drug-likeness (QED) is 0.573. The number of H-pyrrole nitrogens is 1. The second-order valence-corrected chi connectivity index (χ2v) is 6.96. The molecule has 0 aliphatic rings. The van der Waals surface area contributed by atoms with Crippen molar-refractivity contribution < 1.29 is 14.3 Å². The number of benzene rings is 1. The minimum Gasteiger partial charge on any atom is -0.467 e. The van der Waals surface area contributed by atoms with Gasteiger partial charge in [0, 0.05) is 5.56 Å². The number of carbonyl (C=O) groups excluding carboxylic acids is 2. The van der Waals surface area contributed by atoms with Crippen molar-refractivity contribution in [2.24, 2.45) is 5.92 Å². The van der Waals surface area contributed by atoms with E-state index in [-0.39, 0.29) is 18.4 Å². The van der Waals surface area contributed by atoms with Crippen LogP contribution in [0.1, 0.15) is 25.8 Å². The monoisotopic (exact) mass is 376 g/mol. The molecule has 140 valence electrons. The van der Waals surface area contributed by atoms with Crippen molar-refractivity contribution in [3.8, 4) is 11.4 Å². The Morgan fingerprint density at radius 3 is 2.54 bits per heavy atom. The van der Waals surface area contributed by atoms with Crippen LogP contribution in [-0.4, -0.2) is 39.8 Å². The Balaban J connectivity index is 2.18. The maximum Gasteiger partial charge on any atom is 0.328 e. The van der Waals surface area contributed by atoms with Crippen molar-refractivity contribution in [1.29, 1.82) is 0 Å². The van der Waals surface area contributed by atoms with Gasteiger partial charge in [0.15, 0.2) is 10.6 Å². The second kappa shape index (κ2) is 8.75. The highest BCUT2D eigenvalue weighted by atomic mass is 32.1. The number of aromatic amines is 1. The Morgan fingerprint density at radius 2 is 1.96 bits per heavy atom. The standard InChI is InChI=1S/C18H24N4O3S/c1-11(2)9-14(17(24)25-4)19-15(23)10-22-16(20-21-18(22)26)13-7-5-12(3)6-8-13/h5-8,11,14H,9-10H2,1-4H3,(H,19,23)(H,21,26). The maximum atomic E-state index is 12.5. The third kappa shape index (κ3) is 5.01. The first kappa shape index (κ1) is 19.8. The molecule has 0 saturated heterocycles. The lowest BCUT2D eigenvalue weighted by molar-refractivity contribution is -0.145. The van der Waals surface area contributed by atoms with Gasteiger partial charge in [0.2, 0.25) is 5.91 Å². The number of methoxy groups -OCH3 is 1. The van der Waals surface area contributed by atoms with Crippen molar-refractivity contribution >= 4 is 24.1 Å². The number of aryl methyl sites for hydroxylation is 1. The third-order valence-electron chi connectivity index (χ3n) is 3.90. The Kier molecular flexibility index (Phi) is 6.68. The SMILES string of the molecule is COC(=O)C(CC(C)C)NC(=O)Cn1c(-c2ccc(C)cc2)n[nH]c1=S. The summed E-state index contributed by atoms with van der Waals surface area (Å²) >= 11 is 5.25. The van der Waals surface area contributed by atoms with E-state index in [9.17, 15) is 9.59 Å². The van der Waals surface area contributed by atoms with Gasteiger partial charge in [-0.15, -0.1) is 0 Å². The van der Waals surface area contributed by atoms with Gasteiger partial charge in [-0.2, -0.15) is 5.10 Å². The minimum atomic E-state index is -0.684. The normalized spacial score (nSPS) is 12.0. The zero-order chi connectivity index (χ0) is 19.3. The second-order valence-electron chi connectivity index (χ2n) is 6.58. The summed E-state index contributed by atoms with van der Waals surface area (Å²) in [6, 6.07) is 7.09. The molecule has 0 aliphatic carbocycles. The van der Waals surface area contributed by atoms with Gasteiger partial charge >= 0.3 is 5.97 Å². The number of nitrogens with one attached hydrogen (secondary N) is 2. The van der Waals surface area contributed by atoms with Crippen LogP contribution < -0.4 is 5.32 Å². The molecular weight excluding hydrogens is 352 g/mol. The zero-order valence-electron chi connectivity index (χ0n) is 15.4. The van der Waals surface area contributed by atoms with Gasteiger partial charge in [-0.25, -0.2) is 4.79 Å². The summed E-state index contributed by atoms with van der Waals surface area (Å²) in [5.41, 5.74) is 1.98. The smallest absolute Gasteiger partial charge is 0.328 e. The molecule has 0 spiro atoms. The Labute approximate surface area is 157 Å². The van der Waals surface area contributed by atoms with E-state index in [0.717, 1.165) is 11.1 Å². The average Bonchev–Trinajstić information content (AvgIpc) is 2.94. The summed E-state index contributed by atoms with van der Waals surface area (Å²) in [6.07, 6.45) is 0.500. The van der Waals surface area contributed by atoms with E-state index < -0.39 is 12.0 Å².